The Balaban J connectivity index is 1.33. The van der Waals surface area contributed by atoms with Gasteiger partial charge < -0.3 is 33.9 Å². The topological polar surface area (TPSA) is 141 Å². The van der Waals surface area contributed by atoms with Crippen molar-refractivity contribution in [3.8, 4) is 0 Å². The van der Waals surface area contributed by atoms with Gasteiger partial charge in [-0.25, -0.2) is 9.69 Å². The zero-order valence-electron chi connectivity index (χ0n) is 24.0. The normalized spacial score (nSPS) is 25.3. The molecule has 2 amide bonds. The summed E-state index contributed by atoms with van der Waals surface area (Å²) in [5, 5.41) is 20.9. The number of carbonyl (C=O) groups is 3. The average molecular weight is 663 g/mol. The van der Waals surface area contributed by atoms with Gasteiger partial charge in [0.05, 0.1) is 30.3 Å². The minimum atomic E-state index is -1.96. The maximum atomic E-state index is 13.5. The molecule has 2 N–H and O–H groups in total. The summed E-state index contributed by atoms with van der Waals surface area (Å²) < 4.78 is 28.1. The molecule has 2 aromatic rings. The number of ketones is 1. The van der Waals surface area contributed by atoms with Crippen molar-refractivity contribution in [2.24, 2.45) is 0 Å². The van der Waals surface area contributed by atoms with E-state index >= 15 is 0 Å². The van der Waals surface area contributed by atoms with Crippen LogP contribution in [0.2, 0.25) is 0 Å². The lowest BCUT2D eigenvalue weighted by Gasteiger charge is -2.38. The van der Waals surface area contributed by atoms with Crippen LogP contribution in [-0.4, -0.2) is 90.0 Å². The van der Waals surface area contributed by atoms with E-state index in [1.54, 1.807) is 31.2 Å². The Kier molecular flexibility index (Phi) is 11.6. The molecule has 6 unspecified atom stereocenters. The van der Waals surface area contributed by atoms with Crippen LogP contribution in [0, 0.1) is 0 Å². The van der Waals surface area contributed by atoms with Crippen molar-refractivity contribution in [1.82, 2.24) is 4.90 Å². The molecule has 12 heteroatoms. The van der Waals surface area contributed by atoms with Gasteiger partial charge in [-0.1, -0.05) is 60.7 Å². The minimum absolute atomic E-state index is 0.00535. The van der Waals surface area contributed by atoms with Crippen LogP contribution in [0.1, 0.15) is 37.0 Å². The Morgan fingerprint density at radius 2 is 1.79 bits per heavy atom. The summed E-state index contributed by atoms with van der Waals surface area (Å²) >= 11 is 3.21. The second-order valence-corrected chi connectivity index (χ2v) is 11.2. The van der Waals surface area contributed by atoms with Crippen molar-refractivity contribution >= 4 is 33.7 Å². The van der Waals surface area contributed by atoms with Crippen molar-refractivity contribution in [3.63, 3.8) is 0 Å². The van der Waals surface area contributed by atoms with E-state index in [-0.39, 0.29) is 30.7 Å². The minimum Gasteiger partial charge on any atom is -0.439 e. The van der Waals surface area contributed by atoms with Crippen LogP contribution in [0.15, 0.2) is 71.2 Å². The van der Waals surface area contributed by atoms with Crippen molar-refractivity contribution < 1.29 is 48.3 Å². The largest absolute Gasteiger partial charge is 0.439 e. The summed E-state index contributed by atoms with van der Waals surface area (Å²) in [6.45, 7) is 2.10. The number of amides is 2. The third kappa shape index (κ3) is 7.95. The van der Waals surface area contributed by atoms with Gasteiger partial charge in [0.1, 0.15) is 12.2 Å². The van der Waals surface area contributed by atoms with Gasteiger partial charge in [-0.05, 0) is 46.5 Å². The molecule has 2 aliphatic rings. The summed E-state index contributed by atoms with van der Waals surface area (Å²) in [6.07, 6.45) is -3.69. The number of halogens is 1. The number of carbonyl (C=O) groups excluding carboxylic acids is 3. The van der Waals surface area contributed by atoms with Crippen molar-refractivity contribution in [2.75, 3.05) is 26.9 Å². The molecule has 0 aliphatic carbocycles. The molecule has 0 bridgehead atoms. The Bertz CT molecular complexity index is 1280. The van der Waals surface area contributed by atoms with Crippen LogP contribution in [0.5, 0.6) is 0 Å². The van der Waals surface area contributed by atoms with Crippen LogP contribution in [0.4, 0.5) is 4.79 Å². The molecule has 0 radical (unpaired) electrons. The van der Waals surface area contributed by atoms with Gasteiger partial charge in [0.15, 0.2) is 23.8 Å². The number of hydrogen-bond acceptors (Lipinski definition) is 10. The number of aliphatic hydroxyl groups is 2. The Hall–Kier alpha value is -2.97. The molecule has 2 heterocycles. The smallest absolute Gasteiger partial charge is 0.417 e. The number of imide groups is 1. The molecule has 11 nitrogen and oxygen atoms in total. The number of rotatable bonds is 14. The summed E-state index contributed by atoms with van der Waals surface area (Å²) in [4.78, 5) is 40.2. The predicted octanol–water partition coefficient (Wildman–Crippen LogP) is 3.42. The molecule has 1 saturated heterocycles. The number of hydrogen-bond donors (Lipinski definition) is 2. The first-order valence-electron chi connectivity index (χ1n) is 14.0. The molecule has 4 rings (SSSR count). The highest BCUT2D eigenvalue weighted by molar-refractivity contribution is 9.11. The second-order valence-electron chi connectivity index (χ2n) is 10.3. The molecular weight excluding hydrogens is 626 g/mol. The van der Waals surface area contributed by atoms with E-state index in [9.17, 15) is 24.6 Å². The highest BCUT2D eigenvalue weighted by Gasteiger charge is 2.51. The zero-order valence-corrected chi connectivity index (χ0v) is 25.6. The number of ether oxygens (including phenoxy) is 5. The first kappa shape index (κ1) is 32.9. The molecule has 2 aliphatic heterocycles. The lowest BCUT2D eigenvalue weighted by molar-refractivity contribution is -0.227. The predicted molar refractivity (Wildman–Crippen MR) is 157 cm³/mol. The molecule has 0 saturated carbocycles. The van der Waals surface area contributed by atoms with Crippen molar-refractivity contribution in [1.29, 1.82) is 0 Å². The van der Waals surface area contributed by atoms with Crippen LogP contribution >= 0.6 is 15.9 Å². The van der Waals surface area contributed by atoms with Crippen LogP contribution < -0.4 is 0 Å². The number of methoxy groups -OCH3 is 1. The van der Waals surface area contributed by atoms with E-state index in [1.165, 1.54) is 7.11 Å². The highest BCUT2D eigenvalue weighted by Crippen LogP contribution is 2.37. The van der Waals surface area contributed by atoms with Crippen LogP contribution in [0.3, 0.4) is 0 Å². The first-order chi connectivity index (χ1) is 20.7. The number of nitrogens with zero attached hydrogens (tertiary/aromatic N) is 1. The average Bonchev–Trinajstić information content (AvgIpc) is 3.31. The molecule has 43 heavy (non-hydrogen) atoms. The van der Waals surface area contributed by atoms with Crippen molar-refractivity contribution in [2.45, 2.75) is 62.6 Å². The fraction of sp³-hybridized carbons (Fsp3) is 0.452. The second kappa shape index (κ2) is 15.2. The number of aliphatic hydroxyl groups excluding tert-OH is 1. The summed E-state index contributed by atoms with van der Waals surface area (Å²) in [5.41, 5.74) is 1.69. The summed E-state index contributed by atoms with van der Waals surface area (Å²) in [7, 11) is 1.22. The van der Waals surface area contributed by atoms with E-state index < -0.39 is 54.0 Å². The van der Waals surface area contributed by atoms with Gasteiger partial charge in [0.25, 0.3) is 5.91 Å². The SMILES string of the molecule is COC(C(=O)N1C(=O)OC(c2ccccc2)C1C)C1OC(O)(CCCOCC(CO)OCc2ccccc2)C(Br)=CC1=O. The van der Waals surface area contributed by atoms with E-state index in [2.05, 4.69) is 15.9 Å². The molecular formula is C31H36BrNO10. The van der Waals surface area contributed by atoms with Gasteiger partial charge in [0, 0.05) is 20.1 Å². The zero-order chi connectivity index (χ0) is 31.0. The molecule has 232 valence electrons. The maximum absolute atomic E-state index is 13.5. The van der Waals surface area contributed by atoms with Crippen LogP contribution in [0.25, 0.3) is 0 Å². The van der Waals surface area contributed by atoms with E-state index in [1.807, 2.05) is 36.4 Å². The van der Waals surface area contributed by atoms with Gasteiger partial charge >= 0.3 is 6.09 Å². The number of benzene rings is 2. The first-order valence-corrected chi connectivity index (χ1v) is 14.7. The fourth-order valence-corrected chi connectivity index (χ4v) is 5.46. The lowest BCUT2D eigenvalue weighted by atomic mass is 9.98. The third-order valence-electron chi connectivity index (χ3n) is 7.29. The maximum Gasteiger partial charge on any atom is 0.417 e. The molecule has 2 aromatic carbocycles. The Morgan fingerprint density at radius 3 is 2.44 bits per heavy atom. The lowest BCUT2D eigenvalue weighted by Crippen LogP contribution is -2.56. The van der Waals surface area contributed by atoms with E-state index in [0.29, 0.717) is 18.6 Å². The Labute approximate surface area is 258 Å². The van der Waals surface area contributed by atoms with Crippen LogP contribution in [-0.2, 0) is 39.9 Å². The van der Waals surface area contributed by atoms with Crippen molar-refractivity contribution in [3.05, 3.63) is 82.3 Å². The third-order valence-corrected chi connectivity index (χ3v) is 8.14. The quantitative estimate of drug-likeness (QED) is 0.289. The fourth-order valence-electron chi connectivity index (χ4n) is 4.94. The molecule has 1 fully saturated rings. The van der Waals surface area contributed by atoms with Gasteiger partial charge in [-0.2, -0.15) is 0 Å². The molecule has 0 aromatic heterocycles. The van der Waals surface area contributed by atoms with Gasteiger partial charge in [0.2, 0.25) is 0 Å². The van der Waals surface area contributed by atoms with E-state index in [4.69, 9.17) is 23.7 Å². The van der Waals surface area contributed by atoms with Gasteiger partial charge in [-0.3, -0.25) is 9.59 Å². The molecule has 6 atom stereocenters. The monoisotopic (exact) mass is 661 g/mol. The van der Waals surface area contributed by atoms with E-state index in [0.717, 1.165) is 16.5 Å². The summed E-state index contributed by atoms with van der Waals surface area (Å²) in [5.74, 6) is -3.39. The van der Waals surface area contributed by atoms with Gasteiger partial charge in [-0.15, -0.1) is 0 Å². The standard InChI is InChI=1S/C31H36BrNO10/c1-20-26(22-12-7-4-8-13-22)42-30(37)33(20)29(36)28(39-2)27-24(35)16-25(32)31(38,43-27)14-9-15-40-19-23(17-34)41-18-21-10-5-3-6-11-21/h3-8,10-13,16,20,23,26-28,34,38H,9,14-15,17-19H2,1-2H3. The summed E-state index contributed by atoms with van der Waals surface area (Å²) in [6, 6.07) is 17.9. The Morgan fingerprint density at radius 1 is 1.12 bits per heavy atom. The highest BCUT2D eigenvalue weighted by atomic mass is 79.9. The number of cyclic esters (lactones) is 1. The molecule has 0 spiro atoms.